The Labute approximate surface area is 178 Å². The number of thioether (sulfide) groups is 1. The highest BCUT2D eigenvalue weighted by molar-refractivity contribution is 8.26. The standard InChI is InChI=1S/C21H20N2O4S2/c24-20-18(11-15-5-7-19(27-15)22-8-2-1-3-9-22)29-21(28)23(20)12-14-4-6-16-17(10-14)26-13-25-16/h4-7,10-11H,1-3,8-9,12-13H2/b18-11-. The Morgan fingerprint density at radius 2 is 1.90 bits per heavy atom. The van der Waals surface area contributed by atoms with Crippen LogP contribution in [0, 0.1) is 0 Å². The Hall–Kier alpha value is -2.45. The van der Waals surface area contributed by atoms with Gasteiger partial charge in [-0.05, 0) is 43.0 Å². The molecule has 8 heteroatoms. The average Bonchev–Trinajstić information content (AvgIpc) is 3.45. The van der Waals surface area contributed by atoms with E-state index in [0.29, 0.717) is 27.3 Å². The maximum Gasteiger partial charge on any atom is 0.266 e. The smallest absolute Gasteiger partial charge is 0.266 e. The normalized spacial score (nSPS) is 20.2. The summed E-state index contributed by atoms with van der Waals surface area (Å²) in [4.78, 5) is 17.4. The first-order valence-electron chi connectivity index (χ1n) is 9.66. The summed E-state index contributed by atoms with van der Waals surface area (Å²) < 4.78 is 17.3. The van der Waals surface area contributed by atoms with Crippen molar-refractivity contribution in [2.75, 3.05) is 24.8 Å². The second kappa shape index (κ2) is 7.76. The van der Waals surface area contributed by atoms with E-state index in [1.54, 1.807) is 11.0 Å². The summed E-state index contributed by atoms with van der Waals surface area (Å²) in [6, 6.07) is 9.56. The van der Waals surface area contributed by atoms with Gasteiger partial charge in [0.1, 0.15) is 10.1 Å². The Morgan fingerprint density at radius 1 is 1.07 bits per heavy atom. The van der Waals surface area contributed by atoms with E-state index in [1.807, 2.05) is 30.3 Å². The van der Waals surface area contributed by atoms with Crippen LogP contribution in [-0.2, 0) is 11.3 Å². The highest BCUT2D eigenvalue weighted by Gasteiger charge is 2.32. The fourth-order valence-corrected chi connectivity index (χ4v) is 4.93. The number of carbonyl (C=O) groups excluding carboxylic acids is 1. The maximum absolute atomic E-state index is 12.9. The number of rotatable bonds is 4. The van der Waals surface area contributed by atoms with Crippen molar-refractivity contribution in [1.82, 2.24) is 4.90 Å². The molecule has 2 fully saturated rings. The molecule has 2 aromatic rings. The topological polar surface area (TPSA) is 55.2 Å². The predicted octanol–water partition coefficient (Wildman–Crippen LogP) is 4.40. The van der Waals surface area contributed by atoms with Gasteiger partial charge in [-0.2, -0.15) is 0 Å². The number of amides is 1. The van der Waals surface area contributed by atoms with Gasteiger partial charge < -0.3 is 18.8 Å². The summed E-state index contributed by atoms with van der Waals surface area (Å²) in [5, 5.41) is 0. The Morgan fingerprint density at radius 3 is 2.76 bits per heavy atom. The zero-order valence-electron chi connectivity index (χ0n) is 15.8. The van der Waals surface area contributed by atoms with E-state index in [2.05, 4.69) is 4.90 Å². The van der Waals surface area contributed by atoms with Gasteiger partial charge in [-0.15, -0.1) is 0 Å². The van der Waals surface area contributed by atoms with E-state index in [4.69, 9.17) is 26.1 Å². The molecule has 6 nitrogen and oxygen atoms in total. The molecule has 1 aromatic heterocycles. The first-order chi connectivity index (χ1) is 14.2. The van der Waals surface area contributed by atoms with Crippen LogP contribution in [0.5, 0.6) is 11.5 Å². The minimum absolute atomic E-state index is 0.103. The number of hydrogen-bond donors (Lipinski definition) is 0. The van der Waals surface area contributed by atoms with Crippen molar-refractivity contribution >= 4 is 46.2 Å². The number of carbonyl (C=O) groups is 1. The van der Waals surface area contributed by atoms with Gasteiger partial charge in [-0.25, -0.2) is 0 Å². The van der Waals surface area contributed by atoms with E-state index in [0.717, 1.165) is 30.3 Å². The summed E-state index contributed by atoms with van der Waals surface area (Å²) in [5.41, 5.74) is 0.942. The third-order valence-corrected chi connectivity index (χ3v) is 6.58. The molecule has 0 unspecified atom stereocenters. The molecule has 0 spiro atoms. The molecule has 0 bridgehead atoms. The lowest BCUT2D eigenvalue weighted by atomic mass is 10.1. The number of thiocarbonyl (C=S) groups is 1. The van der Waals surface area contributed by atoms with Crippen molar-refractivity contribution in [3.63, 3.8) is 0 Å². The molecule has 150 valence electrons. The lowest BCUT2D eigenvalue weighted by Crippen LogP contribution is -2.28. The molecule has 0 radical (unpaired) electrons. The summed E-state index contributed by atoms with van der Waals surface area (Å²) in [7, 11) is 0. The number of nitrogens with zero attached hydrogens (tertiary/aromatic N) is 2. The van der Waals surface area contributed by atoms with Gasteiger partial charge in [0.05, 0.1) is 11.4 Å². The number of piperidine rings is 1. The van der Waals surface area contributed by atoms with Crippen LogP contribution >= 0.6 is 24.0 Å². The minimum Gasteiger partial charge on any atom is -0.454 e. The average molecular weight is 429 g/mol. The van der Waals surface area contributed by atoms with E-state index in [9.17, 15) is 4.79 Å². The van der Waals surface area contributed by atoms with Crippen molar-refractivity contribution in [3.8, 4) is 11.5 Å². The van der Waals surface area contributed by atoms with Crippen LogP contribution in [0.4, 0.5) is 5.88 Å². The molecule has 1 aromatic carbocycles. The number of ether oxygens (including phenoxy) is 2. The number of hydrogen-bond acceptors (Lipinski definition) is 7. The van der Waals surface area contributed by atoms with Crippen LogP contribution in [0.2, 0.25) is 0 Å². The summed E-state index contributed by atoms with van der Waals surface area (Å²) in [5.74, 6) is 2.86. The van der Waals surface area contributed by atoms with E-state index in [-0.39, 0.29) is 12.7 Å². The second-order valence-electron chi connectivity index (χ2n) is 7.18. The second-order valence-corrected chi connectivity index (χ2v) is 8.85. The number of fused-ring (bicyclic) bond motifs is 1. The van der Waals surface area contributed by atoms with Gasteiger partial charge in [0.25, 0.3) is 5.91 Å². The van der Waals surface area contributed by atoms with Crippen LogP contribution in [0.25, 0.3) is 6.08 Å². The van der Waals surface area contributed by atoms with Crippen molar-refractivity contribution in [1.29, 1.82) is 0 Å². The lowest BCUT2D eigenvalue weighted by molar-refractivity contribution is -0.122. The highest BCUT2D eigenvalue weighted by atomic mass is 32.2. The minimum atomic E-state index is -0.103. The van der Waals surface area contributed by atoms with Crippen molar-refractivity contribution in [2.24, 2.45) is 0 Å². The molecule has 0 aliphatic carbocycles. The fraction of sp³-hybridized carbons (Fsp3) is 0.333. The molecule has 3 aliphatic heterocycles. The third-order valence-electron chi connectivity index (χ3n) is 5.20. The molecule has 0 N–H and O–H groups in total. The zero-order chi connectivity index (χ0) is 19.8. The van der Waals surface area contributed by atoms with Crippen LogP contribution < -0.4 is 14.4 Å². The first-order valence-corrected chi connectivity index (χ1v) is 10.9. The monoisotopic (exact) mass is 428 g/mol. The van der Waals surface area contributed by atoms with E-state index in [1.165, 1.54) is 31.0 Å². The van der Waals surface area contributed by atoms with Crippen molar-refractivity contribution in [3.05, 3.63) is 46.6 Å². The fourth-order valence-electron chi connectivity index (χ4n) is 3.69. The Bertz CT molecular complexity index is 994. The molecule has 29 heavy (non-hydrogen) atoms. The van der Waals surface area contributed by atoms with Crippen LogP contribution in [0.3, 0.4) is 0 Å². The predicted molar refractivity (Wildman–Crippen MR) is 116 cm³/mol. The molecular formula is C21H20N2O4S2. The van der Waals surface area contributed by atoms with E-state index >= 15 is 0 Å². The largest absolute Gasteiger partial charge is 0.454 e. The van der Waals surface area contributed by atoms with Gasteiger partial charge >= 0.3 is 0 Å². The van der Waals surface area contributed by atoms with Gasteiger partial charge in [-0.3, -0.25) is 9.69 Å². The summed E-state index contributed by atoms with van der Waals surface area (Å²) >= 11 is 6.75. The Balaban J connectivity index is 1.30. The van der Waals surface area contributed by atoms with Gasteiger partial charge in [0.15, 0.2) is 17.4 Å². The SMILES string of the molecule is O=C1/C(=C/c2ccc(N3CCCCC3)o2)SC(=S)N1Cc1ccc2c(c1)OCO2. The molecule has 3 aliphatic rings. The highest BCUT2D eigenvalue weighted by Crippen LogP contribution is 2.37. The molecule has 5 rings (SSSR count). The van der Waals surface area contributed by atoms with Crippen molar-refractivity contribution in [2.45, 2.75) is 25.8 Å². The van der Waals surface area contributed by atoms with Crippen molar-refractivity contribution < 1.29 is 18.7 Å². The van der Waals surface area contributed by atoms with Gasteiger partial charge in [-0.1, -0.05) is 30.0 Å². The number of furan rings is 1. The van der Waals surface area contributed by atoms with Crippen LogP contribution in [0.15, 0.2) is 39.7 Å². The zero-order valence-corrected chi connectivity index (χ0v) is 17.4. The summed E-state index contributed by atoms with van der Waals surface area (Å²) in [6.07, 6.45) is 5.44. The Kier molecular flexibility index (Phi) is 4.97. The molecule has 0 atom stereocenters. The van der Waals surface area contributed by atoms with E-state index < -0.39 is 0 Å². The molecule has 0 saturated carbocycles. The van der Waals surface area contributed by atoms with Crippen LogP contribution in [-0.4, -0.2) is 35.0 Å². The van der Waals surface area contributed by atoms with Crippen LogP contribution in [0.1, 0.15) is 30.6 Å². The molecule has 2 saturated heterocycles. The number of anilines is 1. The maximum atomic E-state index is 12.9. The quantitative estimate of drug-likeness (QED) is 0.528. The molecule has 1 amide bonds. The first kappa shape index (κ1) is 18.6. The number of benzene rings is 1. The molecular weight excluding hydrogens is 408 g/mol. The lowest BCUT2D eigenvalue weighted by Gasteiger charge is -2.25. The van der Waals surface area contributed by atoms with Gasteiger partial charge in [0.2, 0.25) is 6.79 Å². The third kappa shape index (κ3) is 3.74. The van der Waals surface area contributed by atoms with Gasteiger partial charge in [0, 0.05) is 25.2 Å². The summed E-state index contributed by atoms with van der Waals surface area (Å²) in [6.45, 7) is 2.66. The molecule has 4 heterocycles.